The average molecular weight is 805 g/mol. The zero-order chi connectivity index (χ0) is 41.5. The normalized spacial score (nSPS) is 21.8. The maximum atomic E-state index is 15.2. The number of benzene rings is 2. The molecule has 0 spiro atoms. The fraction of sp³-hybridized carbons (Fsp3) is 0.233. The molecule has 286 valence electrons. The minimum Gasteiger partial charge on any atom is -0.239 e. The lowest BCUT2D eigenvalue weighted by atomic mass is 9.82. The smallest absolute Gasteiger partial charge is 0.239 e. The van der Waals surface area contributed by atoms with Crippen LogP contribution in [0.2, 0.25) is 0 Å². The highest BCUT2D eigenvalue weighted by Gasteiger charge is 2.58. The molecule has 0 N–H and O–H groups in total. The predicted octanol–water partition coefficient (Wildman–Crippen LogP) is 10.6. The van der Waals surface area contributed by atoms with Crippen LogP contribution in [0.15, 0.2) is 33.9 Å². The third kappa shape index (κ3) is 6.18. The molecule has 3 nitrogen and oxygen atoms in total. The van der Waals surface area contributed by atoms with Gasteiger partial charge < -0.3 is 0 Å². The van der Waals surface area contributed by atoms with Crippen molar-refractivity contribution in [2.24, 2.45) is 11.8 Å². The molecule has 4 rings (SSSR count). The van der Waals surface area contributed by atoms with Gasteiger partial charge in [-0.25, -0.2) is 52.7 Å². The highest BCUT2D eigenvalue weighted by molar-refractivity contribution is 5.98. The van der Waals surface area contributed by atoms with Gasteiger partial charge in [0.25, 0.3) is 0 Å². The van der Waals surface area contributed by atoms with Crippen molar-refractivity contribution >= 4 is 11.1 Å². The van der Waals surface area contributed by atoms with E-state index in [0.717, 1.165) is 6.07 Å². The highest BCUT2D eigenvalue weighted by atomic mass is 19.4. The van der Waals surface area contributed by atoms with Crippen LogP contribution < -0.4 is 0 Å². The second kappa shape index (κ2) is 13.4. The average Bonchev–Trinajstić information content (AvgIpc) is 3.76. The van der Waals surface area contributed by atoms with Crippen molar-refractivity contribution in [3.8, 4) is 18.2 Å². The Balaban J connectivity index is 2.26. The number of nitrogens with zero attached hydrogens (tertiary/aromatic N) is 3. The van der Waals surface area contributed by atoms with E-state index >= 15 is 26.3 Å². The molecule has 0 radical (unpaired) electrons. The molecule has 0 aromatic heterocycles. The Bertz CT molecular complexity index is 2090. The van der Waals surface area contributed by atoms with Gasteiger partial charge in [0.05, 0.1) is 34.3 Å². The van der Waals surface area contributed by atoms with Crippen molar-refractivity contribution < 1.29 is 92.2 Å². The molecular weight excluding hydrogens is 801 g/mol. The van der Waals surface area contributed by atoms with E-state index in [-0.39, 0.29) is 0 Å². The summed E-state index contributed by atoms with van der Waals surface area (Å²) in [7, 11) is 0. The first-order valence-electron chi connectivity index (χ1n) is 13.3. The molecule has 24 heteroatoms. The number of rotatable bonds is 4. The van der Waals surface area contributed by atoms with E-state index in [2.05, 4.69) is 0 Å². The Kier molecular flexibility index (Phi) is 10.2. The molecule has 2 aromatic rings. The van der Waals surface area contributed by atoms with Crippen LogP contribution in [0, 0.1) is 92.4 Å². The standard InChI is InChI=1S/C30H4F21N3/c31-16-10(17(32)23(38)13(22(16)37)28(43,44)45)4(1-52)7-8(5(2-53)11-18(33)24(39)14(29(46,47)48)25(40)19(11)34)9(7)6(3-54)12-20(35)26(41)15(30(49,50)51)27(42)21(12)36/h4,7,16,22H/b8-5-,9-6+. The van der Waals surface area contributed by atoms with Crippen LogP contribution in [-0.4, -0.2) is 18.5 Å². The minimum atomic E-state index is -6.26. The van der Waals surface area contributed by atoms with Gasteiger partial charge in [-0.2, -0.15) is 55.3 Å². The molecule has 2 aliphatic carbocycles. The lowest BCUT2D eigenvalue weighted by molar-refractivity contribution is -0.144. The van der Waals surface area contributed by atoms with Crippen molar-refractivity contribution in [2.45, 2.75) is 30.9 Å². The highest BCUT2D eigenvalue weighted by Crippen LogP contribution is 2.61. The van der Waals surface area contributed by atoms with Crippen molar-refractivity contribution in [3.63, 3.8) is 0 Å². The van der Waals surface area contributed by atoms with Crippen LogP contribution in [0.25, 0.3) is 11.1 Å². The Labute approximate surface area is 283 Å². The monoisotopic (exact) mass is 805 g/mol. The molecule has 1 saturated carbocycles. The summed E-state index contributed by atoms with van der Waals surface area (Å²) in [5.74, 6) is -39.0. The number of nitriles is 3. The van der Waals surface area contributed by atoms with Gasteiger partial charge in [-0.1, -0.05) is 0 Å². The number of hydrogen-bond donors (Lipinski definition) is 0. The van der Waals surface area contributed by atoms with Gasteiger partial charge in [0.15, 0.2) is 70.5 Å². The molecule has 2 aromatic carbocycles. The molecule has 0 heterocycles. The van der Waals surface area contributed by atoms with Crippen LogP contribution >= 0.6 is 0 Å². The SMILES string of the molecule is N#C/C(=C1\C(=C(\C#N)c2c(F)c(F)c(C(F)(F)F)c(F)c2F)C1C(C#N)C1=C(F)C(F)=C(C(F)(F)F)C(F)C1F)c1c(F)c(F)c(C(F)(F)F)c(F)c1F. The van der Waals surface area contributed by atoms with Gasteiger partial charge in [0.2, 0.25) is 0 Å². The maximum absolute atomic E-state index is 15.2. The predicted molar refractivity (Wildman–Crippen MR) is 132 cm³/mol. The second-order valence-corrected chi connectivity index (χ2v) is 10.7. The van der Waals surface area contributed by atoms with Crippen LogP contribution in [0.4, 0.5) is 92.2 Å². The summed E-state index contributed by atoms with van der Waals surface area (Å²) in [5, 5.41) is 29.2. The Morgan fingerprint density at radius 3 is 1.07 bits per heavy atom. The van der Waals surface area contributed by atoms with E-state index in [0.29, 0.717) is 12.1 Å². The summed E-state index contributed by atoms with van der Waals surface area (Å²) in [6.45, 7) is 0. The molecule has 1 fully saturated rings. The number of allylic oxidation sites excluding steroid dienone is 8. The number of hydrogen-bond acceptors (Lipinski definition) is 3. The summed E-state index contributed by atoms with van der Waals surface area (Å²) in [4.78, 5) is 0. The lowest BCUT2D eigenvalue weighted by Crippen LogP contribution is -2.36. The fourth-order valence-electron chi connectivity index (χ4n) is 5.56. The molecule has 0 bridgehead atoms. The second-order valence-electron chi connectivity index (χ2n) is 10.7. The van der Waals surface area contributed by atoms with Crippen LogP contribution in [0.3, 0.4) is 0 Å². The van der Waals surface area contributed by atoms with Crippen molar-refractivity contribution in [1.82, 2.24) is 0 Å². The molecule has 4 atom stereocenters. The Hall–Kier alpha value is -5.60. The van der Waals surface area contributed by atoms with Crippen LogP contribution in [0.1, 0.15) is 22.3 Å². The van der Waals surface area contributed by atoms with Crippen LogP contribution in [-0.2, 0) is 12.4 Å². The van der Waals surface area contributed by atoms with Gasteiger partial charge in [-0.15, -0.1) is 0 Å². The molecular formula is C30H4F21N3. The quantitative estimate of drug-likeness (QED) is 0.176. The maximum Gasteiger partial charge on any atom is 0.422 e. The largest absolute Gasteiger partial charge is 0.422 e. The third-order valence-corrected chi connectivity index (χ3v) is 7.81. The first-order chi connectivity index (χ1) is 24.6. The minimum absolute atomic E-state index is 0.633. The molecule has 54 heavy (non-hydrogen) atoms. The van der Waals surface area contributed by atoms with Crippen LogP contribution in [0.5, 0.6) is 0 Å². The van der Waals surface area contributed by atoms with Gasteiger partial charge in [-0.3, -0.25) is 0 Å². The molecule has 4 unspecified atom stereocenters. The molecule has 2 aliphatic rings. The van der Waals surface area contributed by atoms with Gasteiger partial charge in [0.1, 0.15) is 28.8 Å². The summed E-state index contributed by atoms with van der Waals surface area (Å²) in [5.41, 5.74) is -25.5. The van der Waals surface area contributed by atoms with Crippen molar-refractivity contribution in [3.05, 3.63) is 103 Å². The molecule has 0 aliphatic heterocycles. The van der Waals surface area contributed by atoms with Gasteiger partial charge in [-0.05, 0) is 11.1 Å². The third-order valence-electron chi connectivity index (χ3n) is 7.81. The zero-order valence-electron chi connectivity index (χ0n) is 24.6. The topological polar surface area (TPSA) is 71.4 Å². The van der Waals surface area contributed by atoms with Crippen molar-refractivity contribution in [1.29, 1.82) is 15.8 Å². The first-order valence-corrected chi connectivity index (χ1v) is 13.3. The summed E-state index contributed by atoms with van der Waals surface area (Å²) < 4.78 is 296. The Morgan fingerprint density at radius 2 is 0.815 bits per heavy atom. The van der Waals surface area contributed by atoms with Gasteiger partial charge in [0, 0.05) is 11.5 Å². The number of alkyl halides is 11. The van der Waals surface area contributed by atoms with E-state index in [1.165, 1.54) is 0 Å². The van der Waals surface area contributed by atoms with Gasteiger partial charge >= 0.3 is 18.5 Å². The zero-order valence-corrected chi connectivity index (χ0v) is 24.6. The summed E-state index contributed by atoms with van der Waals surface area (Å²) in [6, 6.07) is 2.01. The van der Waals surface area contributed by atoms with E-state index in [9.17, 15) is 81.6 Å². The van der Waals surface area contributed by atoms with E-state index in [1.54, 1.807) is 0 Å². The van der Waals surface area contributed by atoms with E-state index in [4.69, 9.17) is 0 Å². The first kappa shape index (κ1) is 41.2. The summed E-state index contributed by atoms with van der Waals surface area (Å²) >= 11 is 0. The molecule has 0 saturated heterocycles. The lowest BCUT2D eigenvalue weighted by Gasteiger charge is -2.28. The van der Waals surface area contributed by atoms with E-state index < -0.39 is 157 Å². The Morgan fingerprint density at radius 1 is 0.481 bits per heavy atom. The van der Waals surface area contributed by atoms with Crippen molar-refractivity contribution in [2.75, 3.05) is 0 Å². The number of halogens is 21. The molecule has 0 amide bonds. The fourth-order valence-corrected chi connectivity index (χ4v) is 5.56. The van der Waals surface area contributed by atoms with E-state index in [1.807, 2.05) is 0 Å². The summed E-state index contributed by atoms with van der Waals surface area (Å²) in [6.07, 6.45) is -27.2.